The molecule has 1 aromatic heterocycles. The SMILES string of the molecule is CCCOc1nc(N)nc(OC(=O)CC)c1N. The number of hydrogen-bond donors (Lipinski definition) is 2. The molecule has 0 aromatic carbocycles. The van der Waals surface area contributed by atoms with Crippen molar-refractivity contribution in [2.75, 3.05) is 18.1 Å². The van der Waals surface area contributed by atoms with E-state index in [1.807, 2.05) is 6.92 Å². The third-order valence-electron chi connectivity index (χ3n) is 1.84. The maximum Gasteiger partial charge on any atom is 0.312 e. The molecule has 0 saturated heterocycles. The number of aromatic nitrogens is 2. The summed E-state index contributed by atoms with van der Waals surface area (Å²) in [7, 11) is 0. The first kappa shape index (κ1) is 13.0. The van der Waals surface area contributed by atoms with Gasteiger partial charge in [-0.05, 0) is 6.42 Å². The summed E-state index contributed by atoms with van der Waals surface area (Å²) < 4.78 is 10.2. The van der Waals surface area contributed by atoms with Crippen molar-refractivity contribution in [3.63, 3.8) is 0 Å². The fourth-order valence-corrected chi connectivity index (χ4v) is 1.01. The summed E-state index contributed by atoms with van der Waals surface area (Å²) in [6.45, 7) is 4.05. The monoisotopic (exact) mass is 240 g/mol. The zero-order valence-corrected chi connectivity index (χ0v) is 9.90. The molecule has 17 heavy (non-hydrogen) atoms. The molecule has 0 amide bonds. The van der Waals surface area contributed by atoms with Gasteiger partial charge in [-0.25, -0.2) is 0 Å². The number of anilines is 2. The molecule has 0 radical (unpaired) electrons. The number of carbonyl (C=O) groups excluding carboxylic acids is 1. The lowest BCUT2D eigenvalue weighted by Gasteiger charge is -2.10. The number of nitrogen functional groups attached to an aromatic ring is 2. The quantitative estimate of drug-likeness (QED) is 0.730. The van der Waals surface area contributed by atoms with Gasteiger partial charge in [-0.3, -0.25) is 4.79 Å². The number of carbonyl (C=O) groups is 1. The topological polar surface area (TPSA) is 113 Å². The van der Waals surface area contributed by atoms with Gasteiger partial charge in [0.25, 0.3) is 5.88 Å². The Kier molecular flexibility index (Phi) is 4.50. The lowest BCUT2D eigenvalue weighted by molar-refractivity contribution is -0.134. The van der Waals surface area contributed by atoms with Crippen molar-refractivity contribution in [1.82, 2.24) is 9.97 Å². The average molecular weight is 240 g/mol. The zero-order valence-electron chi connectivity index (χ0n) is 9.90. The average Bonchev–Trinajstić information content (AvgIpc) is 2.31. The third kappa shape index (κ3) is 3.47. The van der Waals surface area contributed by atoms with Crippen LogP contribution in [0.3, 0.4) is 0 Å². The van der Waals surface area contributed by atoms with Gasteiger partial charge < -0.3 is 20.9 Å². The Balaban J connectivity index is 2.96. The third-order valence-corrected chi connectivity index (χ3v) is 1.84. The normalized spacial score (nSPS) is 10.0. The Labute approximate surface area is 99.1 Å². The van der Waals surface area contributed by atoms with Crippen molar-refractivity contribution >= 4 is 17.6 Å². The van der Waals surface area contributed by atoms with E-state index in [2.05, 4.69) is 9.97 Å². The lowest BCUT2D eigenvalue weighted by Crippen LogP contribution is -2.12. The highest BCUT2D eigenvalue weighted by atomic mass is 16.5. The van der Waals surface area contributed by atoms with Gasteiger partial charge in [0.1, 0.15) is 0 Å². The van der Waals surface area contributed by atoms with Crippen LogP contribution >= 0.6 is 0 Å². The molecular weight excluding hydrogens is 224 g/mol. The number of hydrogen-bond acceptors (Lipinski definition) is 7. The van der Waals surface area contributed by atoms with E-state index in [1.54, 1.807) is 6.92 Å². The van der Waals surface area contributed by atoms with Gasteiger partial charge in [0.15, 0.2) is 5.69 Å². The second-order valence-corrected chi connectivity index (χ2v) is 3.28. The second kappa shape index (κ2) is 5.88. The predicted octanol–water partition coefficient (Wildman–Crippen LogP) is 0.745. The first-order valence-corrected chi connectivity index (χ1v) is 5.34. The number of ether oxygens (including phenoxy) is 2. The minimum absolute atomic E-state index is 0.0517. The molecule has 4 N–H and O–H groups in total. The van der Waals surface area contributed by atoms with Crippen molar-refractivity contribution < 1.29 is 14.3 Å². The number of nitrogens with zero attached hydrogens (tertiary/aromatic N) is 2. The molecule has 0 atom stereocenters. The van der Waals surface area contributed by atoms with E-state index in [1.165, 1.54) is 0 Å². The van der Waals surface area contributed by atoms with Crippen LogP contribution in [0.1, 0.15) is 26.7 Å². The van der Waals surface area contributed by atoms with Crippen LogP contribution in [0, 0.1) is 0 Å². The van der Waals surface area contributed by atoms with Crippen molar-refractivity contribution in [3.8, 4) is 11.8 Å². The van der Waals surface area contributed by atoms with Crippen LogP contribution in [0.4, 0.5) is 11.6 Å². The molecule has 1 aromatic rings. The van der Waals surface area contributed by atoms with Gasteiger partial charge in [0.05, 0.1) is 6.61 Å². The summed E-state index contributed by atoms with van der Waals surface area (Å²) in [4.78, 5) is 18.7. The van der Waals surface area contributed by atoms with Gasteiger partial charge >= 0.3 is 5.97 Å². The van der Waals surface area contributed by atoms with E-state index in [9.17, 15) is 4.79 Å². The molecule has 0 bridgehead atoms. The maximum atomic E-state index is 11.2. The van der Waals surface area contributed by atoms with E-state index in [0.717, 1.165) is 6.42 Å². The summed E-state index contributed by atoms with van der Waals surface area (Å²) in [5, 5.41) is 0. The Morgan fingerprint density at radius 1 is 1.24 bits per heavy atom. The molecule has 0 spiro atoms. The highest BCUT2D eigenvalue weighted by Gasteiger charge is 2.15. The van der Waals surface area contributed by atoms with Crippen LogP contribution in [0.15, 0.2) is 0 Å². The molecule has 94 valence electrons. The first-order chi connectivity index (χ1) is 8.08. The number of rotatable bonds is 5. The fourth-order valence-electron chi connectivity index (χ4n) is 1.01. The van der Waals surface area contributed by atoms with Gasteiger partial charge in [-0.1, -0.05) is 13.8 Å². The van der Waals surface area contributed by atoms with Crippen LogP contribution in [0.5, 0.6) is 11.8 Å². The van der Waals surface area contributed by atoms with E-state index >= 15 is 0 Å². The van der Waals surface area contributed by atoms with Crippen LogP contribution in [-0.4, -0.2) is 22.5 Å². The molecule has 7 heteroatoms. The molecule has 0 fully saturated rings. The molecule has 7 nitrogen and oxygen atoms in total. The largest absolute Gasteiger partial charge is 0.476 e. The zero-order chi connectivity index (χ0) is 12.8. The molecule has 1 rings (SSSR count). The van der Waals surface area contributed by atoms with E-state index < -0.39 is 5.97 Å². The van der Waals surface area contributed by atoms with Crippen molar-refractivity contribution in [2.24, 2.45) is 0 Å². The molecule has 0 aliphatic heterocycles. The highest BCUT2D eigenvalue weighted by Crippen LogP contribution is 2.29. The van der Waals surface area contributed by atoms with E-state index in [-0.39, 0.29) is 29.8 Å². The fraction of sp³-hybridized carbons (Fsp3) is 0.500. The highest BCUT2D eigenvalue weighted by molar-refractivity contribution is 5.74. The molecule has 0 aliphatic carbocycles. The van der Waals surface area contributed by atoms with Crippen LogP contribution in [-0.2, 0) is 4.79 Å². The molecular formula is C10H16N4O3. The van der Waals surface area contributed by atoms with E-state index in [0.29, 0.717) is 6.61 Å². The summed E-state index contributed by atoms with van der Waals surface area (Å²) in [6.07, 6.45) is 1.02. The van der Waals surface area contributed by atoms with Gasteiger partial charge in [-0.15, -0.1) is 0 Å². The number of nitrogens with two attached hydrogens (primary N) is 2. The molecule has 0 aliphatic rings. The van der Waals surface area contributed by atoms with E-state index in [4.69, 9.17) is 20.9 Å². The number of esters is 1. The second-order valence-electron chi connectivity index (χ2n) is 3.28. The molecule has 0 unspecified atom stereocenters. The van der Waals surface area contributed by atoms with Gasteiger partial charge in [-0.2, -0.15) is 9.97 Å². The van der Waals surface area contributed by atoms with Gasteiger partial charge in [0, 0.05) is 6.42 Å². The smallest absolute Gasteiger partial charge is 0.312 e. The Bertz CT molecular complexity index is 409. The first-order valence-electron chi connectivity index (χ1n) is 5.34. The lowest BCUT2D eigenvalue weighted by atomic mass is 10.4. The summed E-state index contributed by atoms with van der Waals surface area (Å²) in [5.74, 6) is -0.422. The van der Waals surface area contributed by atoms with Crippen molar-refractivity contribution in [1.29, 1.82) is 0 Å². The van der Waals surface area contributed by atoms with Gasteiger partial charge in [0.2, 0.25) is 11.8 Å². The van der Waals surface area contributed by atoms with Crippen LogP contribution in [0.2, 0.25) is 0 Å². The Hall–Kier alpha value is -2.05. The molecule has 0 saturated carbocycles. The summed E-state index contributed by atoms with van der Waals surface area (Å²) >= 11 is 0. The Morgan fingerprint density at radius 3 is 2.47 bits per heavy atom. The summed E-state index contributed by atoms with van der Waals surface area (Å²) in [6, 6.07) is 0. The standard InChI is InChI=1S/C10H16N4O3/c1-3-5-16-8-7(11)9(14-10(12)13-8)17-6(15)4-2/h3-5,11H2,1-2H3,(H2,12,13,14). The van der Waals surface area contributed by atoms with Crippen LogP contribution in [0.25, 0.3) is 0 Å². The minimum Gasteiger partial charge on any atom is -0.476 e. The molecule has 1 heterocycles. The van der Waals surface area contributed by atoms with Crippen molar-refractivity contribution in [3.05, 3.63) is 0 Å². The predicted molar refractivity (Wildman–Crippen MR) is 62.6 cm³/mol. The minimum atomic E-state index is -0.448. The summed E-state index contributed by atoms with van der Waals surface area (Å²) in [5.41, 5.74) is 11.3. The maximum absolute atomic E-state index is 11.2. The van der Waals surface area contributed by atoms with Crippen molar-refractivity contribution in [2.45, 2.75) is 26.7 Å². The van der Waals surface area contributed by atoms with Crippen LogP contribution < -0.4 is 20.9 Å². The Morgan fingerprint density at radius 2 is 1.88 bits per heavy atom.